The van der Waals surface area contributed by atoms with Crippen LogP contribution in [0.25, 0.3) is 6.08 Å². The second kappa shape index (κ2) is 8.91. The normalized spacial score (nSPS) is 15.5. The highest BCUT2D eigenvalue weighted by Crippen LogP contribution is 2.34. The van der Waals surface area contributed by atoms with Crippen LogP contribution in [0.4, 0.5) is 4.79 Å². The Labute approximate surface area is 178 Å². The number of carbonyl (C=O) groups excluding carboxylic acids is 2. The first-order chi connectivity index (χ1) is 13.0. The molecule has 3 rings (SSSR count). The lowest BCUT2D eigenvalue weighted by Crippen LogP contribution is -2.27. The van der Waals surface area contributed by atoms with Gasteiger partial charge in [0.1, 0.15) is 12.4 Å². The molecule has 4 nitrogen and oxygen atoms in total. The van der Waals surface area contributed by atoms with E-state index in [1.54, 1.807) is 12.2 Å². The Morgan fingerprint density at radius 2 is 1.85 bits per heavy atom. The lowest BCUT2D eigenvalue weighted by atomic mass is 10.2. The van der Waals surface area contributed by atoms with Crippen LogP contribution in [-0.2, 0) is 11.3 Å². The van der Waals surface area contributed by atoms with E-state index in [1.807, 2.05) is 42.5 Å². The first-order valence-electron chi connectivity index (χ1n) is 8.01. The van der Waals surface area contributed by atoms with Gasteiger partial charge < -0.3 is 4.74 Å². The van der Waals surface area contributed by atoms with E-state index in [-0.39, 0.29) is 17.7 Å². The monoisotopic (exact) mass is 507 g/mol. The van der Waals surface area contributed by atoms with Gasteiger partial charge in [0.15, 0.2) is 0 Å². The molecule has 0 aliphatic carbocycles. The van der Waals surface area contributed by atoms with Crippen molar-refractivity contribution in [2.45, 2.75) is 6.54 Å². The lowest BCUT2D eigenvalue weighted by molar-refractivity contribution is -0.123. The Balaban J connectivity index is 1.76. The number of carbonyl (C=O) groups is 2. The lowest BCUT2D eigenvalue weighted by Gasteiger charge is -2.12. The van der Waals surface area contributed by atoms with Gasteiger partial charge in [-0.3, -0.25) is 14.5 Å². The van der Waals surface area contributed by atoms with Crippen molar-refractivity contribution in [2.75, 3.05) is 6.61 Å². The molecule has 1 aliphatic rings. The van der Waals surface area contributed by atoms with Gasteiger partial charge in [-0.2, -0.15) is 0 Å². The summed E-state index contributed by atoms with van der Waals surface area (Å²) in [5.41, 5.74) is 1.70. The van der Waals surface area contributed by atoms with Gasteiger partial charge in [0, 0.05) is 4.47 Å². The Kier molecular flexibility index (Phi) is 6.57. The SMILES string of the molecule is C=CCOc1ccc(/C=C2\SC(=O)N(Cc3ccc(Br)cc3)C2=O)cc1Br. The van der Waals surface area contributed by atoms with Crippen LogP contribution in [0.1, 0.15) is 11.1 Å². The number of halogens is 2. The third-order valence-electron chi connectivity index (χ3n) is 3.74. The topological polar surface area (TPSA) is 46.6 Å². The van der Waals surface area contributed by atoms with E-state index >= 15 is 0 Å². The van der Waals surface area contributed by atoms with Gasteiger partial charge in [-0.15, -0.1) is 0 Å². The van der Waals surface area contributed by atoms with Crippen LogP contribution in [0.3, 0.4) is 0 Å². The van der Waals surface area contributed by atoms with Crippen LogP contribution in [0.2, 0.25) is 0 Å². The standard InChI is InChI=1S/C20H15Br2NO3S/c1-2-9-26-17-8-5-14(10-16(17)22)11-18-19(24)23(20(25)27-18)12-13-3-6-15(21)7-4-13/h2-8,10-11H,1,9,12H2/b18-11-. The van der Waals surface area contributed by atoms with Gasteiger partial charge in [0.25, 0.3) is 11.1 Å². The van der Waals surface area contributed by atoms with Crippen molar-refractivity contribution in [3.8, 4) is 5.75 Å². The molecule has 0 aromatic heterocycles. The molecule has 2 aromatic carbocycles. The van der Waals surface area contributed by atoms with Crippen LogP contribution >= 0.6 is 43.6 Å². The summed E-state index contributed by atoms with van der Waals surface area (Å²) in [6.07, 6.45) is 3.39. The molecule has 0 saturated carbocycles. The second-order valence-electron chi connectivity index (χ2n) is 5.68. The number of hydrogen-bond acceptors (Lipinski definition) is 4. The van der Waals surface area contributed by atoms with Crippen molar-refractivity contribution in [2.24, 2.45) is 0 Å². The van der Waals surface area contributed by atoms with E-state index in [2.05, 4.69) is 38.4 Å². The van der Waals surface area contributed by atoms with Crippen molar-refractivity contribution < 1.29 is 14.3 Å². The van der Waals surface area contributed by atoms with Crippen LogP contribution < -0.4 is 4.74 Å². The minimum atomic E-state index is -0.281. The summed E-state index contributed by atoms with van der Waals surface area (Å²) in [5, 5.41) is -0.265. The Hall–Kier alpha value is -1.83. The number of amides is 2. The number of imide groups is 1. The summed E-state index contributed by atoms with van der Waals surface area (Å²) < 4.78 is 7.24. The van der Waals surface area contributed by atoms with Crippen LogP contribution in [0, 0.1) is 0 Å². The van der Waals surface area contributed by atoms with Gasteiger partial charge in [0.2, 0.25) is 0 Å². The minimum absolute atomic E-state index is 0.257. The quantitative estimate of drug-likeness (QED) is 0.354. The number of rotatable bonds is 6. The van der Waals surface area contributed by atoms with Crippen molar-refractivity contribution in [3.05, 3.63) is 80.1 Å². The van der Waals surface area contributed by atoms with E-state index in [1.165, 1.54) is 4.90 Å². The number of hydrogen-bond donors (Lipinski definition) is 0. The number of thioether (sulfide) groups is 1. The highest BCUT2D eigenvalue weighted by molar-refractivity contribution is 9.10. The van der Waals surface area contributed by atoms with Crippen LogP contribution in [0.15, 0.2) is 69.0 Å². The van der Waals surface area contributed by atoms with E-state index in [0.29, 0.717) is 17.3 Å². The van der Waals surface area contributed by atoms with Crippen molar-refractivity contribution in [1.29, 1.82) is 0 Å². The minimum Gasteiger partial charge on any atom is -0.488 e. The first-order valence-corrected chi connectivity index (χ1v) is 10.4. The van der Waals surface area contributed by atoms with Crippen molar-refractivity contribution in [1.82, 2.24) is 4.90 Å². The second-order valence-corrected chi connectivity index (χ2v) is 8.45. The zero-order chi connectivity index (χ0) is 19.4. The first kappa shape index (κ1) is 19.9. The molecule has 0 spiro atoms. The van der Waals surface area contributed by atoms with E-state index < -0.39 is 0 Å². The molecule has 138 valence electrons. The fraction of sp³-hybridized carbons (Fsp3) is 0.100. The maximum Gasteiger partial charge on any atom is 0.293 e. The molecule has 1 heterocycles. The zero-order valence-electron chi connectivity index (χ0n) is 14.2. The Bertz CT molecular complexity index is 925. The number of ether oxygens (including phenoxy) is 1. The summed E-state index contributed by atoms with van der Waals surface area (Å²) in [6, 6.07) is 13.0. The van der Waals surface area contributed by atoms with Crippen molar-refractivity contribution >= 4 is 60.8 Å². The summed E-state index contributed by atoms with van der Waals surface area (Å²) in [6.45, 7) is 4.29. The maximum absolute atomic E-state index is 12.6. The summed E-state index contributed by atoms with van der Waals surface area (Å²) >= 11 is 7.78. The molecule has 0 unspecified atom stereocenters. The molecule has 1 fully saturated rings. The molecule has 2 aromatic rings. The molecule has 0 atom stereocenters. The third-order valence-corrected chi connectivity index (χ3v) is 5.79. The Morgan fingerprint density at radius 1 is 1.11 bits per heavy atom. The fourth-order valence-corrected chi connectivity index (χ4v) is 4.05. The van der Waals surface area contributed by atoms with E-state index in [0.717, 1.165) is 31.8 Å². The highest BCUT2D eigenvalue weighted by Gasteiger charge is 2.34. The molecular weight excluding hydrogens is 494 g/mol. The molecule has 0 bridgehead atoms. The van der Waals surface area contributed by atoms with Gasteiger partial charge >= 0.3 is 0 Å². The fourth-order valence-electron chi connectivity index (χ4n) is 2.43. The molecule has 7 heteroatoms. The molecular formula is C20H15Br2NO3S. The average molecular weight is 509 g/mol. The van der Waals surface area contributed by atoms with Gasteiger partial charge in [0.05, 0.1) is 15.9 Å². The molecule has 0 radical (unpaired) electrons. The highest BCUT2D eigenvalue weighted by atomic mass is 79.9. The predicted molar refractivity (Wildman–Crippen MR) is 115 cm³/mol. The summed E-state index contributed by atoms with van der Waals surface area (Å²) in [7, 11) is 0. The summed E-state index contributed by atoms with van der Waals surface area (Å²) in [4.78, 5) is 26.6. The van der Waals surface area contributed by atoms with Crippen molar-refractivity contribution in [3.63, 3.8) is 0 Å². The average Bonchev–Trinajstić information content (AvgIpc) is 2.90. The number of nitrogens with zero attached hydrogens (tertiary/aromatic N) is 1. The molecule has 1 aliphatic heterocycles. The molecule has 0 N–H and O–H groups in total. The molecule has 1 saturated heterocycles. The molecule has 2 amide bonds. The van der Waals surface area contributed by atoms with Crippen LogP contribution in [-0.4, -0.2) is 22.7 Å². The van der Waals surface area contributed by atoms with Crippen LogP contribution in [0.5, 0.6) is 5.75 Å². The summed E-state index contributed by atoms with van der Waals surface area (Å²) in [5.74, 6) is 0.409. The van der Waals surface area contributed by atoms with Gasteiger partial charge in [-0.25, -0.2) is 0 Å². The van der Waals surface area contributed by atoms with E-state index in [4.69, 9.17) is 4.74 Å². The third kappa shape index (κ3) is 4.91. The predicted octanol–water partition coefficient (Wildman–Crippen LogP) is 6.01. The largest absolute Gasteiger partial charge is 0.488 e. The van der Waals surface area contributed by atoms with E-state index in [9.17, 15) is 9.59 Å². The van der Waals surface area contributed by atoms with Gasteiger partial charge in [-0.05, 0) is 69.2 Å². The maximum atomic E-state index is 12.6. The smallest absolute Gasteiger partial charge is 0.293 e. The number of benzene rings is 2. The van der Waals surface area contributed by atoms with Gasteiger partial charge in [-0.1, -0.05) is 46.8 Å². The molecule has 27 heavy (non-hydrogen) atoms. The Morgan fingerprint density at radius 3 is 2.52 bits per heavy atom. The zero-order valence-corrected chi connectivity index (χ0v) is 18.1.